The Labute approximate surface area is 149 Å². The smallest absolute Gasteiger partial charge is 0.167 e. The Kier molecular flexibility index (Phi) is 4.98. The summed E-state index contributed by atoms with van der Waals surface area (Å²) in [5, 5.41) is 34.5. The van der Waals surface area contributed by atoms with Crippen molar-refractivity contribution in [2.45, 2.75) is 31.0 Å². The lowest BCUT2D eigenvalue weighted by Gasteiger charge is -2.16. The molecule has 2 aromatic heterocycles. The molecule has 4 rings (SSSR count). The Morgan fingerprint density at radius 2 is 2.12 bits per heavy atom. The summed E-state index contributed by atoms with van der Waals surface area (Å²) in [4.78, 5) is 18.2. The zero-order chi connectivity index (χ0) is 18.1. The van der Waals surface area contributed by atoms with E-state index < -0.39 is 24.5 Å². The third kappa shape index (κ3) is 3.13. The van der Waals surface area contributed by atoms with E-state index in [0.29, 0.717) is 23.5 Å². The molecule has 2 aliphatic heterocycles. The van der Waals surface area contributed by atoms with Crippen molar-refractivity contribution in [1.82, 2.24) is 24.6 Å². The van der Waals surface area contributed by atoms with Gasteiger partial charge in [-0.05, 0) is 6.42 Å². The van der Waals surface area contributed by atoms with Gasteiger partial charge in [0, 0.05) is 19.6 Å². The molecular formula is C15H22N6O5. The second kappa shape index (κ2) is 7.39. The van der Waals surface area contributed by atoms with E-state index in [0.717, 1.165) is 26.1 Å². The number of aliphatic hydroxyl groups excluding tert-OH is 3. The molecule has 26 heavy (non-hydrogen) atoms. The first-order chi connectivity index (χ1) is 12.7. The van der Waals surface area contributed by atoms with Crippen molar-refractivity contribution in [2.75, 3.05) is 38.2 Å². The van der Waals surface area contributed by atoms with E-state index in [4.69, 9.17) is 9.57 Å². The normalized spacial score (nSPS) is 29.7. The zero-order valence-corrected chi connectivity index (χ0v) is 14.1. The molecule has 2 aromatic rings. The topological polar surface area (TPSA) is 138 Å². The molecule has 11 heteroatoms. The van der Waals surface area contributed by atoms with Crippen LogP contribution in [0, 0.1) is 0 Å². The molecule has 11 nitrogen and oxygen atoms in total. The largest absolute Gasteiger partial charge is 0.394 e. The van der Waals surface area contributed by atoms with E-state index in [1.165, 1.54) is 17.2 Å². The fourth-order valence-corrected chi connectivity index (χ4v) is 3.25. The molecule has 0 spiro atoms. The lowest BCUT2D eigenvalue weighted by atomic mass is 10.1. The number of hydroxylamine groups is 2. The molecule has 2 fully saturated rings. The fourth-order valence-electron chi connectivity index (χ4n) is 3.25. The number of aromatic nitrogens is 4. The molecule has 4 heterocycles. The van der Waals surface area contributed by atoms with E-state index in [1.807, 2.05) is 5.06 Å². The molecule has 0 amide bonds. The minimum absolute atomic E-state index is 0.387. The van der Waals surface area contributed by atoms with Gasteiger partial charge < -0.3 is 25.4 Å². The highest BCUT2D eigenvalue weighted by Gasteiger charge is 2.44. The van der Waals surface area contributed by atoms with Crippen LogP contribution in [0.1, 0.15) is 12.6 Å². The van der Waals surface area contributed by atoms with Gasteiger partial charge in [0.05, 0.1) is 19.5 Å². The number of imidazole rings is 1. The van der Waals surface area contributed by atoms with Gasteiger partial charge in [-0.3, -0.25) is 9.40 Å². The molecule has 0 bridgehead atoms. The molecule has 0 aromatic carbocycles. The first-order valence-corrected chi connectivity index (χ1v) is 8.60. The van der Waals surface area contributed by atoms with Crippen LogP contribution in [0.2, 0.25) is 0 Å². The number of hydrogen-bond acceptors (Lipinski definition) is 10. The molecule has 142 valence electrons. The summed E-state index contributed by atoms with van der Waals surface area (Å²) in [7, 11) is 0. The van der Waals surface area contributed by atoms with Crippen molar-refractivity contribution in [3.8, 4) is 0 Å². The van der Waals surface area contributed by atoms with Crippen molar-refractivity contribution in [2.24, 2.45) is 0 Å². The monoisotopic (exact) mass is 366 g/mol. The lowest BCUT2D eigenvalue weighted by molar-refractivity contribution is -0.106. The summed E-state index contributed by atoms with van der Waals surface area (Å²) >= 11 is 0. The molecule has 4 N–H and O–H groups in total. The molecule has 0 unspecified atom stereocenters. The molecule has 4 atom stereocenters. The van der Waals surface area contributed by atoms with Gasteiger partial charge in [0.1, 0.15) is 24.6 Å². The van der Waals surface area contributed by atoms with Crippen molar-refractivity contribution < 1.29 is 24.9 Å². The van der Waals surface area contributed by atoms with E-state index in [2.05, 4.69) is 20.3 Å². The highest BCUT2D eigenvalue weighted by Crippen LogP contribution is 2.32. The Morgan fingerprint density at radius 3 is 2.85 bits per heavy atom. The van der Waals surface area contributed by atoms with Gasteiger partial charge in [-0.25, -0.2) is 15.0 Å². The van der Waals surface area contributed by atoms with Crippen molar-refractivity contribution in [3.05, 3.63) is 12.7 Å². The Bertz CT molecular complexity index is 751. The van der Waals surface area contributed by atoms with Crippen LogP contribution < -0.4 is 5.32 Å². The lowest BCUT2D eigenvalue weighted by Crippen LogP contribution is -2.33. The maximum absolute atomic E-state index is 10.2. The SMILES string of the molecule is OC[C@H]1O[C@@H](n2cnc3c(NCCN4CCCO4)ncnc32)[C@H](O)[C@@H]1O. The molecular weight excluding hydrogens is 344 g/mol. The van der Waals surface area contributed by atoms with E-state index in [9.17, 15) is 15.3 Å². The van der Waals surface area contributed by atoms with Gasteiger partial charge in [0.2, 0.25) is 0 Å². The summed E-state index contributed by atoms with van der Waals surface area (Å²) in [6.07, 6.45) is -0.192. The van der Waals surface area contributed by atoms with Crippen LogP contribution in [0.4, 0.5) is 5.82 Å². The molecule has 0 radical (unpaired) electrons. The average molecular weight is 366 g/mol. The number of rotatable bonds is 6. The van der Waals surface area contributed by atoms with Crippen molar-refractivity contribution >= 4 is 17.0 Å². The van der Waals surface area contributed by atoms with E-state index in [-0.39, 0.29) is 6.61 Å². The predicted octanol–water partition coefficient (Wildman–Crippen LogP) is -1.51. The second-order valence-corrected chi connectivity index (χ2v) is 6.32. The molecule has 0 saturated carbocycles. The quantitative estimate of drug-likeness (QED) is 0.477. The number of hydrogen-bond donors (Lipinski definition) is 4. The Balaban J connectivity index is 1.51. The summed E-state index contributed by atoms with van der Waals surface area (Å²) in [6, 6.07) is 0. The van der Waals surface area contributed by atoms with E-state index in [1.54, 1.807) is 0 Å². The minimum Gasteiger partial charge on any atom is -0.394 e. The van der Waals surface area contributed by atoms with Crippen LogP contribution in [0.15, 0.2) is 12.7 Å². The number of anilines is 1. The second-order valence-electron chi connectivity index (χ2n) is 6.32. The number of nitrogens with zero attached hydrogens (tertiary/aromatic N) is 5. The molecule has 0 aliphatic carbocycles. The van der Waals surface area contributed by atoms with Gasteiger partial charge in [-0.15, -0.1) is 0 Å². The van der Waals surface area contributed by atoms with Crippen molar-refractivity contribution in [1.29, 1.82) is 0 Å². The third-order valence-electron chi connectivity index (χ3n) is 4.63. The number of ether oxygens (including phenoxy) is 1. The van der Waals surface area contributed by atoms with Crippen molar-refractivity contribution in [3.63, 3.8) is 0 Å². The van der Waals surface area contributed by atoms with Crippen LogP contribution in [0.25, 0.3) is 11.2 Å². The average Bonchev–Trinajstić information content (AvgIpc) is 3.37. The number of nitrogens with one attached hydrogen (secondary N) is 1. The first-order valence-electron chi connectivity index (χ1n) is 8.60. The van der Waals surface area contributed by atoms with Crippen LogP contribution in [-0.4, -0.2) is 91.1 Å². The van der Waals surface area contributed by atoms with Gasteiger partial charge in [0.25, 0.3) is 0 Å². The van der Waals surface area contributed by atoms with Crippen LogP contribution in [0.3, 0.4) is 0 Å². The maximum Gasteiger partial charge on any atom is 0.167 e. The third-order valence-corrected chi connectivity index (χ3v) is 4.63. The standard InChI is InChI=1S/C15H22N6O5/c22-6-9-11(23)12(24)15(26-9)21-8-19-10-13(17-7-18-14(10)21)16-2-4-20-3-1-5-25-20/h7-9,11-12,15,22-24H,1-6H2,(H,16,17,18)/t9-,11-,12-,15-/m1/s1. The van der Waals surface area contributed by atoms with Gasteiger partial charge in [-0.2, -0.15) is 5.06 Å². The summed E-state index contributed by atoms with van der Waals surface area (Å²) in [6.45, 7) is 2.64. The van der Waals surface area contributed by atoms with Gasteiger partial charge >= 0.3 is 0 Å². The van der Waals surface area contributed by atoms with Gasteiger partial charge in [-0.1, -0.05) is 0 Å². The summed E-state index contributed by atoms with van der Waals surface area (Å²) in [5.41, 5.74) is 1.00. The van der Waals surface area contributed by atoms with E-state index >= 15 is 0 Å². The number of fused-ring (bicyclic) bond motifs is 1. The minimum atomic E-state index is -1.19. The first kappa shape index (κ1) is 17.5. The molecule has 2 saturated heterocycles. The Morgan fingerprint density at radius 1 is 1.23 bits per heavy atom. The van der Waals surface area contributed by atoms with Gasteiger partial charge in [0.15, 0.2) is 23.2 Å². The fraction of sp³-hybridized carbons (Fsp3) is 0.667. The Hall–Kier alpha value is -1.89. The van der Waals surface area contributed by atoms with Crippen LogP contribution >= 0.6 is 0 Å². The number of aliphatic hydroxyl groups is 3. The molecule has 2 aliphatic rings. The zero-order valence-electron chi connectivity index (χ0n) is 14.1. The summed E-state index contributed by atoms with van der Waals surface area (Å²) < 4.78 is 7.08. The van der Waals surface area contributed by atoms with Crippen LogP contribution in [-0.2, 0) is 9.57 Å². The highest BCUT2D eigenvalue weighted by molar-refractivity contribution is 5.82. The predicted molar refractivity (Wildman–Crippen MR) is 89.0 cm³/mol. The highest BCUT2D eigenvalue weighted by atomic mass is 16.7. The summed E-state index contributed by atoms with van der Waals surface area (Å²) in [5.74, 6) is 0.569. The maximum atomic E-state index is 10.2. The van der Waals surface area contributed by atoms with Crippen LogP contribution in [0.5, 0.6) is 0 Å².